The lowest BCUT2D eigenvalue weighted by Gasteiger charge is -2.35. The van der Waals surface area contributed by atoms with Crippen LogP contribution in [0.1, 0.15) is 37.0 Å². The fraction of sp³-hybridized carbons (Fsp3) is 0.500. The first-order chi connectivity index (χ1) is 9.62. The van der Waals surface area contributed by atoms with Crippen LogP contribution in [-0.2, 0) is 9.84 Å². The Morgan fingerprint density at radius 3 is 2.67 bits per heavy atom. The van der Waals surface area contributed by atoms with E-state index in [9.17, 15) is 22.7 Å². The Hall–Kier alpha value is -1.63. The first-order valence-corrected chi connectivity index (χ1v) is 8.29. The van der Waals surface area contributed by atoms with Crippen LogP contribution >= 0.6 is 0 Å². The molecule has 2 rings (SSSR count). The van der Waals surface area contributed by atoms with Gasteiger partial charge in [0.2, 0.25) is 0 Å². The SMILES string of the molecule is CC1(C)CC(NC(=O)c2ccc(F)cc2O)CCS1(=O)=O. The van der Waals surface area contributed by atoms with Crippen LogP contribution in [-0.4, -0.2) is 36.0 Å². The predicted octanol–water partition coefficient (Wildman–Crippen LogP) is 1.62. The molecule has 0 saturated carbocycles. The second kappa shape index (κ2) is 5.29. The van der Waals surface area contributed by atoms with E-state index in [1.165, 1.54) is 6.07 Å². The summed E-state index contributed by atoms with van der Waals surface area (Å²) in [7, 11) is -3.16. The number of sulfone groups is 1. The number of nitrogens with one attached hydrogen (secondary N) is 1. The summed E-state index contributed by atoms with van der Waals surface area (Å²) in [6.07, 6.45) is 0.641. The molecule has 1 aliphatic heterocycles. The smallest absolute Gasteiger partial charge is 0.255 e. The van der Waals surface area contributed by atoms with Crippen LogP contribution in [0.25, 0.3) is 0 Å². The van der Waals surface area contributed by atoms with Crippen LogP contribution in [0.15, 0.2) is 18.2 Å². The van der Waals surface area contributed by atoms with Gasteiger partial charge < -0.3 is 10.4 Å². The zero-order valence-corrected chi connectivity index (χ0v) is 12.7. The summed E-state index contributed by atoms with van der Waals surface area (Å²) in [6, 6.07) is 2.86. The van der Waals surface area contributed by atoms with Crippen molar-refractivity contribution in [2.24, 2.45) is 0 Å². The molecule has 21 heavy (non-hydrogen) atoms. The summed E-state index contributed by atoms with van der Waals surface area (Å²) in [5.41, 5.74) is -0.0253. The molecule has 1 unspecified atom stereocenters. The van der Waals surface area contributed by atoms with Gasteiger partial charge in [-0.1, -0.05) is 0 Å². The van der Waals surface area contributed by atoms with Crippen molar-refractivity contribution in [3.63, 3.8) is 0 Å². The molecule has 2 N–H and O–H groups in total. The maximum absolute atomic E-state index is 12.9. The Morgan fingerprint density at radius 1 is 1.43 bits per heavy atom. The Morgan fingerprint density at radius 2 is 2.10 bits per heavy atom. The first-order valence-electron chi connectivity index (χ1n) is 6.64. The van der Waals surface area contributed by atoms with E-state index >= 15 is 0 Å². The number of hydrogen-bond donors (Lipinski definition) is 2. The minimum atomic E-state index is -3.16. The van der Waals surface area contributed by atoms with Crippen molar-refractivity contribution >= 4 is 15.7 Å². The van der Waals surface area contributed by atoms with Gasteiger partial charge in [0.05, 0.1) is 16.1 Å². The van der Waals surface area contributed by atoms with Gasteiger partial charge in [0.25, 0.3) is 5.91 Å². The molecule has 1 fully saturated rings. The number of hydrogen-bond acceptors (Lipinski definition) is 4. The molecule has 1 amide bonds. The zero-order chi connectivity index (χ0) is 15.8. The highest BCUT2D eigenvalue weighted by molar-refractivity contribution is 7.92. The minimum Gasteiger partial charge on any atom is -0.507 e. The standard InChI is InChI=1S/C14H18FNO4S/c1-14(2)8-10(5-6-21(14,19)20)16-13(18)11-4-3-9(15)7-12(11)17/h3-4,7,10,17H,5-6,8H2,1-2H3,(H,16,18). The average Bonchev–Trinajstić information content (AvgIpc) is 2.33. The Bertz CT molecular complexity index is 670. The number of amides is 1. The number of carbonyl (C=O) groups is 1. The topological polar surface area (TPSA) is 83.5 Å². The number of phenolic OH excluding ortho intramolecular Hbond substituents is 1. The zero-order valence-electron chi connectivity index (χ0n) is 11.9. The number of halogens is 1. The van der Waals surface area contributed by atoms with Crippen molar-refractivity contribution < 1.29 is 22.7 Å². The summed E-state index contributed by atoms with van der Waals surface area (Å²) >= 11 is 0. The molecular formula is C14H18FNO4S. The van der Waals surface area contributed by atoms with Crippen molar-refractivity contribution in [2.45, 2.75) is 37.5 Å². The number of phenols is 1. The van der Waals surface area contributed by atoms with Crippen LogP contribution in [0, 0.1) is 5.82 Å². The van der Waals surface area contributed by atoms with Crippen LogP contribution in [0.3, 0.4) is 0 Å². The normalized spacial score (nSPS) is 23.5. The van der Waals surface area contributed by atoms with Gasteiger partial charge in [-0.05, 0) is 38.8 Å². The summed E-state index contributed by atoms with van der Waals surface area (Å²) in [4.78, 5) is 12.1. The summed E-state index contributed by atoms with van der Waals surface area (Å²) < 4.78 is 35.8. The highest BCUT2D eigenvalue weighted by atomic mass is 32.2. The number of aromatic hydroxyl groups is 1. The van der Waals surface area contributed by atoms with E-state index in [0.717, 1.165) is 12.1 Å². The highest BCUT2D eigenvalue weighted by Gasteiger charge is 2.41. The Balaban J connectivity index is 2.11. The molecule has 116 valence electrons. The van der Waals surface area contributed by atoms with Gasteiger partial charge >= 0.3 is 0 Å². The summed E-state index contributed by atoms with van der Waals surface area (Å²) in [6.45, 7) is 3.27. The summed E-state index contributed by atoms with van der Waals surface area (Å²) in [5, 5.41) is 12.3. The molecule has 5 nitrogen and oxygen atoms in total. The van der Waals surface area contributed by atoms with Gasteiger partial charge in [-0.15, -0.1) is 0 Å². The number of benzene rings is 1. The fourth-order valence-electron chi connectivity index (χ4n) is 2.48. The lowest BCUT2D eigenvalue weighted by Crippen LogP contribution is -2.49. The van der Waals surface area contributed by atoms with Crippen molar-refractivity contribution in [3.05, 3.63) is 29.6 Å². The van der Waals surface area contributed by atoms with Gasteiger partial charge in [0.15, 0.2) is 9.84 Å². The maximum Gasteiger partial charge on any atom is 0.255 e. The van der Waals surface area contributed by atoms with Crippen molar-refractivity contribution in [2.75, 3.05) is 5.75 Å². The first kappa shape index (κ1) is 15.8. The van der Waals surface area contributed by atoms with E-state index in [0.29, 0.717) is 12.8 Å². The molecule has 7 heteroatoms. The van der Waals surface area contributed by atoms with Crippen molar-refractivity contribution in [1.29, 1.82) is 0 Å². The molecule has 1 saturated heterocycles. The molecule has 0 spiro atoms. The van der Waals surface area contributed by atoms with E-state index in [2.05, 4.69) is 5.32 Å². The van der Waals surface area contributed by atoms with Gasteiger partial charge in [-0.25, -0.2) is 12.8 Å². The third kappa shape index (κ3) is 3.18. The molecule has 1 aromatic rings. The quantitative estimate of drug-likeness (QED) is 0.868. The summed E-state index contributed by atoms with van der Waals surface area (Å²) in [5.74, 6) is -1.59. The molecule has 1 aromatic carbocycles. The number of carbonyl (C=O) groups excluding carboxylic acids is 1. The lowest BCUT2D eigenvalue weighted by atomic mass is 9.99. The molecular weight excluding hydrogens is 297 g/mol. The van der Waals surface area contributed by atoms with E-state index in [-0.39, 0.29) is 17.4 Å². The molecule has 1 atom stereocenters. The second-order valence-corrected chi connectivity index (χ2v) is 8.65. The largest absolute Gasteiger partial charge is 0.507 e. The fourth-order valence-corrected chi connectivity index (χ4v) is 4.08. The van der Waals surface area contributed by atoms with E-state index in [4.69, 9.17) is 0 Å². The van der Waals surface area contributed by atoms with Crippen molar-refractivity contribution in [3.8, 4) is 5.75 Å². The third-order valence-corrected chi connectivity index (χ3v) is 6.48. The third-order valence-electron chi connectivity index (χ3n) is 3.85. The lowest BCUT2D eigenvalue weighted by molar-refractivity contribution is 0.0928. The van der Waals surface area contributed by atoms with Gasteiger partial charge in [0, 0.05) is 12.1 Å². The highest BCUT2D eigenvalue weighted by Crippen LogP contribution is 2.30. The van der Waals surface area contributed by atoms with E-state index < -0.39 is 32.1 Å². The molecule has 0 aromatic heterocycles. The minimum absolute atomic E-state index is 0.0142. The second-order valence-electron chi connectivity index (χ2n) is 5.90. The molecule has 0 radical (unpaired) electrons. The molecule has 0 bridgehead atoms. The molecule has 1 heterocycles. The van der Waals surface area contributed by atoms with Gasteiger partial charge in [-0.3, -0.25) is 4.79 Å². The van der Waals surface area contributed by atoms with Crippen molar-refractivity contribution in [1.82, 2.24) is 5.32 Å². The van der Waals surface area contributed by atoms with Gasteiger partial charge in [-0.2, -0.15) is 0 Å². The Kier molecular flexibility index (Phi) is 3.97. The average molecular weight is 315 g/mol. The van der Waals surface area contributed by atoms with Crippen LogP contribution in [0.2, 0.25) is 0 Å². The molecule has 1 aliphatic rings. The monoisotopic (exact) mass is 315 g/mol. The van der Waals surface area contributed by atoms with Gasteiger partial charge in [0.1, 0.15) is 11.6 Å². The van der Waals surface area contributed by atoms with Crippen LogP contribution in [0.4, 0.5) is 4.39 Å². The number of rotatable bonds is 2. The van der Waals surface area contributed by atoms with E-state index in [1.54, 1.807) is 13.8 Å². The van der Waals surface area contributed by atoms with Crippen LogP contribution < -0.4 is 5.32 Å². The Labute approximate surface area is 123 Å². The van der Waals surface area contributed by atoms with Crippen LogP contribution in [0.5, 0.6) is 5.75 Å². The molecule has 0 aliphatic carbocycles. The van der Waals surface area contributed by atoms with E-state index in [1.807, 2.05) is 0 Å². The predicted molar refractivity (Wildman–Crippen MR) is 76.4 cm³/mol. The maximum atomic E-state index is 12.9.